The van der Waals surface area contributed by atoms with Gasteiger partial charge < -0.3 is 4.57 Å². The fourth-order valence-corrected chi connectivity index (χ4v) is 4.59. The van der Waals surface area contributed by atoms with E-state index in [4.69, 9.17) is 0 Å². The van der Waals surface area contributed by atoms with E-state index in [0.29, 0.717) is 10.4 Å². The van der Waals surface area contributed by atoms with E-state index in [1.807, 2.05) is 17.7 Å². The van der Waals surface area contributed by atoms with Crippen LogP contribution in [-0.2, 0) is 23.3 Å². The van der Waals surface area contributed by atoms with Crippen LogP contribution in [0.3, 0.4) is 0 Å². The van der Waals surface area contributed by atoms with E-state index in [-0.39, 0.29) is 16.6 Å². The number of aryl methyl sites for hydroxylation is 2. The summed E-state index contributed by atoms with van der Waals surface area (Å²) in [6.45, 7) is 3.70. The van der Waals surface area contributed by atoms with E-state index in [1.54, 1.807) is 6.92 Å². The van der Waals surface area contributed by atoms with Gasteiger partial charge in [0, 0.05) is 12.6 Å². The minimum Gasteiger partial charge on any atom is -0.319 e. The fraction of sp³-hybridized carbons (Fsp3) is 0.263. The Kier molecular flexibility index (Phi) is 5.11. The van der Waals surface area contributed by atoms with Crippen molar-refractivity contribution in [2.45, 2.75) is 25.2 Å². The van der Waals surface area contributed by atoms with Crippen LogP contribution in [0, 0.1) is 0 Å². The number of fused-ring (bicyclic) bond motifs is 1. The second-order valence-electron chi connectivity index (χ2n) is 5.94. The van der Waals surface area contributed by atoms with E-state index in [1.165, 1.54) is 41.2 Å². The highest BCUT2D eigenvalue weighted by molar-refractivity contribution is 7.91. The summed E-state index contributed by atoms with van der Waals surface area (Å²) in [4.78, 5) is 17.5. The highest BCUT2D eigenvalue weighted by Crippen LogP contribution is 2.19. The number of rotatable bonds is 4. The molecule has 0 atom stereocenters. The first-order chi connectivity index (χ1) is 12.4. The average Bonchev–Trinajstić information content (AvgIpc) is 2.96. The van der Waals surface area contributed by atoms with E-state index in [0.717, 1.165) is 16.6 Å². The molecule has 0 fully saturated rings. The summed E-state index contributed by atoms with van der Waals surface area (Å²) in [6.07, 6.45) is 0.954. The number of nitrogens with zero attached hydrogens (tertiary/aromatic N) is 2. The molecule has 2 aromatic carbocycles. The zero-order chi connectivity index (χ0) is 18.9. The topological polar surface area (TPSA) is 68.5 Å². The molecule has 0 spiro atoms. The molecule has 1 aromatic heterocycles. The van der Waals surface area contributed by atoms with Crippen LogP contribution in [0.1, 0.15) is 29.8 Å². The number of carbonyl (C=O) groups excluding carboxylic acids is 1. The number of sulfone groups is 1. The Balaban J connectivity index is 1.98. The molecule has 0 saturated heterocycles. The van der Waals surface area contributed by atoms with Gasteiger partial charge in [0.05, 0.1) is 20.9 Å². The number of hydrogen-bond acceptors (Lipinski definition) is 4. The Labute approximate surface area is 156 Å². The highest BCUT2D eigenvalue weighted by Gasteiger charge is 2.13. The van der Waals surface area contributed by atoms with Crippen LogP contribution in [0.25, 0.3) is 10.2 Å². The molecule has 5 nitrogen and oxygen atoms in total. The Morgan fingerprint density at radius 3 is 2.42 bits per heavy atom. The number of thiazole rings is 1. The van der Waals surface area contributed by atoms with Crippen molar-refractivity contribution < 1.29 is 13.2 Å². The molecule has 1 amide bonds. The van der Waals surface area contributed by atoms with Crippen molar-refractivity contribution in [3.63, 3.8) is 0 Å². The van der Waals surface area contributed by atoms with Crippen molar-refractivity contribution in [1.82, 2.24) is 4.57 Å². The molecule has 0 saturated carbocycles. The lowest BCUT2D eigenvalue weighted by atomic mass is 10.2. The zero-order valence-corrected chi connectivity index (χ0v) is 16.5. The standard InChI is InChI=1S/C19H20N2O3S2/c1-4-13-6-11-16-17(12-13)25-19(21(16)3)20-18(22)14-7-9-15(10-8-14)26(23,24)5-2/h6-12H,4-5H2,1-3H3. The van der Waals surface area contributed by atoms with Crippen molar-refractivity contribution in [2.24, 2.45) is 12.0 Å². The first-order valence-electron chi connectivity index (χ1n) is 8.36. The molecule has 7 heteroatoms. The second-order valence-corrected chi connectivity index (χ2v) is 9.23. The SMILES string of the molecule is CCc1ccc2c(c1)sc(=NC(=O)c1ccc(S(=O)(=O)CC)cc1)n2C. The maximum Gasteiger partial charge on any atom is 0.279 e. The third-order valence-corrected chi connectivity index (χ3v) is 7.16. The number of hydrogen-bond donors (Lipinski definition) is 0. The third kappa shape index (κ3) is 3.50. The monoisotopic (exact) mass is 388 g/mol. The molecule has 0 aliphatic rings. The van der Waals surface area contributed by atoms with E-state index in [2.05, 4.69) is 24.0 Å². The smallest absolute Gasteiger partial charge is 0.279 e. The lowest BCUT2D eigenvalue weighted by molar-refractivity contribution is 0.0998. The Hall–Kier alpha value is -2.25. The predicted molar refractivity (Wildman–Crippen MR) is 104 cm³/mol. The van der Waals surface area contributed by atoms with Gasteiger partial charge in [-0.2, -0.15) is 4.99 Å². The molecule has 136 valence electrons. The molecule has 3 aromatic rings. The van der Waals surface area contributed by atoms with Gasteiger partial charge in [0.1, 0.15) is 0 Å². The van der Waals surface area contributed by atoms with Crippen LogP contribution in [0.4, 0.5) is 0 Å². The van der Waals surface area contributed by atoms with Crippen molar-refractivity contribution in [2.75, 3.05) is 5.75 Å². The normalized spacial score (nSPS) is 12.7. The Bertz CT molecular complexity index is 1140. The summed E-state index contributed by atoms with van der Waals surface area (Å²) in [5, 5.41) is 0. The lowest BCUT2D eigenvalue weighted by Crippen LogP contribution is -2.13. The van der Waals surface area contributed by atoms with Crippen LogP contribution in [0.15, 0.2) is 52.4 Å². The van der Waals surface area contributed by atoms with Gasteiger partial charge in [-0.3, -0.25) is 4.79 Å². The zero-order valence-electron chi connectivity index (χ0n) is 14.9. The largest absolute Gasteiger partial charge is 0.319 e. The van der Waals surface area contributed by atoms with Gasteiger partial charge in [-0.15, -0.1) is 0 Å². The summed E-state index contributed by atoms with van der Waals surface area (Å²) in [5.41, 5.74) is 2.64. The molecule has 26 heavy (non-hydrogen) atoms. The quantitative estimate of drug-likeness (QED) is 0.688. The molecule has 0 radical (unpaired) electrons. The fourth-order valence-electron chi connectivity index (χ4n) is 2.63. The summed E-state index contributed by atoms with van der Waals surface area (Å²) < 4.78 is 26.7. The minimum absolute atomic E-state index is 0.0298. The van der Waals surface area contributed by atoms with Crippen LogP contribution in [-0.4, -0.2) is 24.6 Å². The van der Waals surface area contributed by atoms with Crippen molar-refractivity contribution in [1.29, 1.82) is 0 Å². The minimum atomic E-state index is -3.27. The van der Waals surface area contributed by atoms with Crippen molar-refractivity contribution in [3.8, 4) is 0 Å². The van der Waals surface area contributed by atoms with E-state index < -0.39 is 9.84 Å². The molecule has 0 aliphatic heterocycles. The Morgan fingerprint density at radius 2 is 1.81 bits per heavy atom. The molecule has 3 rings (SSSR count). The van der Waals surface area contributed by atoms with Crippen molar-refractivity contribution >= 4 is 37.3 Å². The lowest BCUT2D eigenvalue weighted by Gasteiger charge is -2.01. The Morgan fingerprint density at radius 1 is 1.12 bits per heavy atom. The number of amides is 1. The molecule has 1 heterocycles. The highest BCUT2D eigenvalue weighted by atomic mass is 32.2. The molecule has 0 bridgehead atoms. The van der Waals surface area contributed by atoms with Gasteiger partial charge in [-0.05, 0) is 48.4 Å². The van der Waals surface area contributed by atoms with Gasteiger partial charge in [0.2, 0.25) is 0 Å². The van der Waals surface area contributed by atoms with Gasteiger partial charge in [0.25, 0.3) is 5.91 Å². The number of benzene rings is 2. The average molecular weight is 389 g/mol. The van der Waals surface area contributed by atoms with Gasteiger partial charge in [0.15, 0.2) is 14.6 Å². The van der Waals surface area contributed by atoms with E-state index in [9.17, 15) is 13.2 Å². The van der Waals surface area contributed by atoms with Crippen LogP contribution >= 0.6 is 11.3 Å². The van der Waals surface area contributed by atoms with Crippen LogP contribution < -0.4 is 4.80 Å². The molecule has 0 aliphatic carbocycles. The molecular formula is C19H20N2O3S2. The summed E-state index contributed by atoms with van der Waals surface area (Å²) in [6, 6.07) is 12.2. The second kappa shape index (κ2) is 7.17. The first-order valence-corrected chi connectivity index (χ1v) is 10.8. The molecule has 0 N–H and O–H groups in total. The van der Waals surface area contributed by atoms with E-state index >= 15 is 0 Å². The maximum absolute atomic E-state index is 12.5. The van der Waals surface area contributed by atoms with Gasteiger partial charge in [-0.25, -0.2) is 8.42 Å². The molecule has 0 unspecified atom stereocenters. The first kappa shape index (κ1) is 18.5. The summed E-state index contributed by atoms with van der Waals surface area (Å²) >= 11 is 1.47. The predicted octanol–water partition coefficient (Wildman–Crippen LogP) is 3.34. The maximum atomic E-state index is 12.5. The van der Waals surface area contributed by atoms with Crippen molar-refractivity contribution in [3.05, 3.63) is 58.4 Å². The van der Waals surface area contributed by atoms with Gasteiger partial charge >= 0.3 is 0 Å². The number of aromatic nitrogens is 1. The van der Waals surface area contributed by atoms with Crippen LogP contribution in [0.5, 0.6) is 0 Å². The summed E-state index contributed by atoms with van der Waals surface area (Å²) in [5.74, 6) is -0.356. The third-order valence-electron chi connectivity index (χ3n) is 4.32. The summed E-state index contributed by atoms with van der Waals surface area (Å²) in [7, 11) is -1.39. The van der Waals surface area contributed by atoms with Gasteiger partial charge in [-0.1, -0.05) is 31.3 Å². The number of carbonyl (C=O) groups is 1. The van der Waals surface area contributed by atoms with Crippen LogP contribution in [0.2, 0.25) is 0 Å². The molecular weight excluding hydrogens is 368 g/mol.